The van der Waals surface area contributed by atoms with Gasteiger partial charge < -0.3 is 10.1 Å². The molecule has 4 rings (SSSR count). The van der Waals surface area contributed by atoms with Crippen LogP contribution in [-0.4, -0.2) is 47.0 Å². The van der Waals surface area contributed by atoms with Gasteiger partial charge in [-0.1, -0.05) is 17.7 Å². The van der Waals surface area contributed by atoms with Gasteiger partial charge in [0.15, 0.2) is 0 Å². The zero-order chi connectivity index (χ0) is 24.7. The van der Waals surface area contributed by atoms with Crippen LogP contribution in [0.3, 0.4) is 0 Å². The normalized spacial score (nSPS) is 15.9. The fraction of sp³-hybridized carbons (Fsp3) is 0.273. The Hall–Kier alpha value is -2.91. The van der Waals surface area contributed by atoms with Crippen molar-refractivity contribution in [1.29, 1.82) is 5.26 Å². The van der Waals surface area contributed by atoms with Crippen LogP contribution in [0.15, 0.2) is 47.5 Å². The molecule has 1 fully saturated rings. The number of sulfonamides is 1. The maximum absolute atomic E-state index is 13.3. The number of H-pyrrole nitrogens is 1. The van der Waals surface area contributed by atoms with Crippen LogP contribution >= 0.6 is 11.6 Å². The van der Waals surface area contributed by atoms with Gasteiger partial charge in [0.25, 0.3) is 0 Å². The van der Waals surface area contributed by atoms with Crippen molar-refractivity contribution < 1.29 is 26.7 Å². The zero-order valence-corrected chi connectivity index (χ0v) is 19.0. The standard InChI is InChI=1S/C22H18ClF3N4O3S/c23-18-4-3-14(10-20(18)34(32,33)30-7-5-16(31)6-8-30)21-28-12-19(29-21)13-1-2-15(11-27)17(9-13)22(24,25)26/h1-4,9-10,12,16,31H,5-8H2,(H,28,29). The Bertz CT molecular complexity index is 1370. The van der Waals surface area contributed by atoms with Crippen molar-refractivity contribution in [2.75, 3.05) is 13.1 Å². The summed E-state index contributed by atoms with van der Waals surface area (Å²) in [6.45, 7) is 0.324. The van der Waals surface area contributed by atoms with E-state index in [0.717, 1.165) is 12.1 Å². The van der Waals surface area contributed by atoms with E-state index in [2.05, 4.69) is 9.97 Å². The topological polar surface area (TPSA) is 110 Å². The average Bonchev–Trinajstić information content (AvgIpc) is 3.29. The summed E-state index contributed by atoms with van der Waals surface area (Å²) < 4.78 is 67.4. The highest BCUT2D eigenvalue weighted by Crippen LogP contribution is 2.35. The van der Waals surface area contributed by atoms with Crippen molar-refractivity contribution in [2.24, 2.45) is 0 Å². The molecule has 7 nitrogen and oxygen atoms in total. The third-order valence-electron chi connectivity index (χ3n) is 5.58. The molecule has 1 saturated heterocycles. The second-order valence-electron chi connectivity index (χ2n) is 7.80. The fourth-order valence-corrected chi connectivity index (χ4v) is 5.70. The number of rotatable bonds is 4. The van der Waals surface area contributed by atoms with E-state index in [4.69, 9.17) is 16.9 Å². The lowest BCUT2D eigenvalue weighted by molar-refractivity contribution is -0.137. The minimum absolute atomic E-state index is 0.0172. The monoisotopic (exact) mass is 510 g/mol. The van der Waals surface area contributed by atoms with Crippen molar-refractivity contribution in [3.63, 3.8) is 0 Å². The summed E-state index contributed by atoms with van der Waals surface area (Å²) in [5.74, 6) is 0.232. The predicted octanol–water partition coefficient (Wildman–Crippen LogP) is 4.43. The van der Waals surface area contributed by atoms with Gasteiger partial charge in [-0.3, -0.25) is 0 Å². The van der Waals surface area contributed by atoms with Gasteiger partial charge in [-0.2, -0.15) is 22.7 Å². The highest BCUT2D eigenvalue weighted by Gasteiger charge is 2.34. The van der Waals surface area contributed by atoms with Gasteiger partial charge >= 0.3 is 6.18 Å². The number of hydrogen-bond donors (Lipinski definition) is 2. The summed E-state index contributed by atoms with van der Waals surface area (Å²) in [6.07, 6.45) is -3.28. The summed E-state index contributed by atoms with van der Waals surface area (Å²) in [5, 5.41) is 18.6. The van der Waals surface area contributed by atoms with E-state index in [0.29, 0.717) is 18.4 Å². The zero-order valence-electron chi connectivity index (χ0n) is 17.5. The summed E-state index contributed by atoms with van der Waals surface area (Å²) in [5.41, 5.74) is -0.756. The first kappa shape index (κ1) is 24.2. The van der Waals surface area contributed by atoms with E-state index in [1.165, 1.54) is 34.8 Å². The molecule has 0 saturated carbocycles. The van der Waals surface area contributed by atoms with Crippen LogP contribution in [0, 0.1) is 11.3 Å². The maximum Gasteiger partial charge on any atom is 0.417 e. The molecule has 0 amide bonds. The summed E-state index contributed by atoms with van der Waals surface area (Å²) in [4.78, 5) is 6.96. The largest absolute Gasteiger partial charge is 0.417 e. The Kier molecular flexibility index (Phi) is 6.44. The van der Waals surface area contributed by atoms with Crippen molar-refractivity contribution in [3.05, 3.63) is 58.7 Å². The van der Waals surface area contributed by atoms with Crippen LogP contribution in [0.4, 0.5) is 13.2 Å². The fourth-order valence-electron chi connectivity index (χ4n) is 3.73. The molecular weight excluding hydrogens is 493 g/mol. The lowest BCUT2D eigenvalue weighted by atomic mass is 10.0. The molecule has 3 aromatic rings. The number of aliphatic hydroxyl groups is 1. The Morgan fingerprint density at radius 3 is 2.47 bits per heavy atom. The van der Waals surface area contributed by atoms with E-state index >= 15 is 0 Å². The molecule has 2 aromatic carbocycles. The Labute approximate surface area is 198 Å². The van der Waals surface area contributed by atoms with Crippen LogP contribution in [0.2, 0.25) is 5.02 Å². The number of nitriles is 1. The van der Waals surface area contributed by atoms with Crippen LogP contribution in [0.25, 0.3) is 22.6 Å². The van der Waals surface area contributed by atoms with Crippen LogP contribution in [0.5, 0.6) is 0 Å². The third kappa shape index (κ3) is 4.67. The lowest BCUT2D eigenvalue weighted by Crippen LogP contribution is -2.40. The number of piperidine rings is 1. The number of aliphatic hydroxyl groups excluding tert-OH is 1. The SMILES string of the molecule is N#Cc1ccc(-c2cnc(-c3ccc(Cl)c(S(=O)(=O)N4CCC(O)CC4)c3)[nH]2)cc1C(F)(F)F. The molecular formula is C22H18ClF3N4O3S. The van der Waals surface area contributed by atoms with Crippen LogP contribution in [-0.2, 0) is 16.2 Å². The molecule has 12 heteroatoms. The summed E-state index contributed by atoms with van der Waals surface area (Å²) in [7, 11) is -3.93. The third-order valence-corrected chi connectivity index (χ3v) is 7.96. The number of hydrogen-bond acceptors (Lipinski definition) is 5. The van der Waals surface area contributed by atoms with Crippen molar-refractivity contribution in [1.82, 2.24) is 14.3 Å². The molecule has 2 heterocycles. The molecule has 0 bridgehead atoms. The average molecular weight is 511 g/mol. The second-order valence-corrected chi connectivity index (χ2v) is 10.1. The molecule has 2 N–H and O–H groups in total. The molecule has 1 aliphatic heterocycles. The van der Waals surface area contributed by atoms with E-state index in [-0.39, 0.29) is 40.1 Å². The number of nitrogens with one attached hydrogen (secondary N) is 1. The van der Waals surface area contributed by atoms with Crippen LogP contribution < -0.4 is 0 Å². The minimum atomic E-state index is -4.70. The van der Waals surface area contributed by atoms with E-state index in [9.17, 15) is 26.7 Å². The molecule has 0 spiro atoms. The number of halogens is 4. The van der Waals surface area contributed by atoms with Gasteiger partial charge in [-0.05, 0) is 43.2 Å². The summed E-state index contributed by atoms with van der Waals surface area (Å²) in [6, 6.07) is 9.16. The summed E-state index contributed by atoms with van der Waals surface area (Å²) >= 11 is 6.19. The van der Waals surface area contributed by atoms with Crippen molar-refractivity contribution >= 4 is 21.6 Å². The van der Waals surface area contributed by atoms with E-state index < -0.39 is 33.4 Å². The van der Waals surface area contributed by atoms with Gasteiger partial charge in [0.05, 0.1) is 40.2 Å². The lowest BCUT2D eigenvalue weighted by Gasteiger charge is -2.29. The number of alkyl halides is 3. The maximum atomic E-state index is 13.3. The Morgan fingerprint density at radius 2 is 1.82 bits per heavy atom. The quantitative estimate of drug-likeness (QED) is 0.539. The molecule has 178 valence electrons. The first-order valence-corrected chi connectivity index (χ1v) is 12.0. The van der Waals surface area contributed by atoms with Crippen LogP contribution in [0.1, 0.15) is 24.0 Å². The van der Waals surface area contributed by atoms with Crippen molar-refractivity contribution in [2.45, 2.75) is 30.0 Å². The molecule has 0 atom stereocenters. The van der Waals surface area contributed by atoms with E-state index in [1.807, 2.05) is 0 Å². The molecule has 0 unspecified atom stereocenters. The molecule has 1 aliphatic rings. The first-order valence-electron chi connectivity index (χ1n) is 10.2. The number of aromatic amines is 1. The minimum Gasteiger partial charge on any atom is -0.393 e. The molecule has 34 heavy (non-hydrogen) atoms. The van der Waals surface area contributed by atoms with E-state index in [1.54, 1.807) is 6.07 Å². The highest BCUT2D eigenvalue weighted by atomic mass is 35.5. The van der Waals surface area contributed by atoms with Gasteiger partial charge in [0.2, 0.25) is 10.0 Å². The highest BCUT2D eigenvalue weighted by molar-refractivity contribution is 7.89. The number of nitrogens with zero attached hydrogens (tertiary/aromatic N) is 3. The smallest absolute Gasteiger partial charge is 0.393 e. The number of benzene rings is 2. The number of imidazole rings is 1. The molecule has 0 aliphatic carbocycles. The molecule has 0 radical (unpaired) electrons. The predicted molar refractivity (Wildman–Crippen MR) is 118 cm³/mol. The first-order chi connectivity index (χ1) is 16.0. The second kappa shape index (κ2) is 9.03. The van der Waals surface area contributed by atoms with Gasteiger partial charge in [0, 0.05) is 24.2 Å². The number of aromatic nitrogens is 2. The van der Waals surface area contributed by atoms with Crippen molar-refractivity contribution in [3.8, 4) is 28.7 Å². The Balaban J connectivity index is 1.68. The van der Waals surface area contributed by atoms with Gasteiger partial charge in [0.1, 0.15) is 10.7 Å². The molecule has 1 aromatic heterocycles. The van der Waals surface area contributed by atoms with Gasteiger partial charge in [-0.15, -0.1) is 0 Å². The Morgan fingerprint density at radius 1 is 1.15 bits per heavy atom. The van der Waals surface area contributed by atoms with Gasteiger partial charge in [-0.25, -0.2) is 13.4 Å².